The second kappa shape index (κ2) is 5.93. The molecule has 20 heavy (non-hydrogen) atoms. The third-order valence-corrected chi connectivity index (χ3v) is 5.62. The Morgan fingerprint density at radius 2 is 1.80 bits per heavy atom. The van der Waals surface area contributed by atoms with Crippen LogP contribution in [0.25, 0.3) is 0 Å². The Balaban J connectivity index is 3.09. The summed E-state index contributed by atoms with van der Waals surface area (Å²) in [4.78, 5) is 12.2. The van der Waals surface area contributed by atoms with Gasteiger partial charge in [0, 0.05) is 18.0 Å². The van der Waals surface area contributed by atoms with Crippen LogP contribution < -0.4 is 10.6 Å². The van der Waals surface area contributed by atoms with Gasteiger partial charge in [0.25, 0.3) is 0 Å². The third kappa shape index (κ3) is 3.37. The predicted molar refractivity (Wildman–Crippen MR) is 81.5 cm³/mol. The maximum Gasteiger partial charge on any atom is 0.245 e. The zero-order chi connectivity index (χ0) is 15.6. The molecule has 0 fully saturated rings. The lowest BCUT2D eigenvalue weighted by Crippen LogP contribution is -2.44. The molecule has 112 valence electrons. The van der Waals surface area contributed by atoms with Crippen molar-refractivity contribution in [2.75, 3.05) is 18.6 Å². The Labute approximate surface area is 120 Å². The van der Waals surface area contributed by atoms with Gasteiger partial charge in [0.15, 0.2) is 9.84 Å². The van der Waals surface area contributed by atoms with E-state index in [-0.39, 0.29) is 6.04 Å². The van der Waals surface area contributed by atoms with E-state index >= 15 is 0 Å². The standard InChI is InChI=1S/C14H22N2O3S/c1-10(15-4)11-8-6-7-9-12(11)16-13(17)14(2,3)20(5,18)19/h6-10,15H,1-5H3,(H,16,17). The Kier molecular flexibility index (Phi) is 4.94. The van der Waals surface area contributed by atoms with Gasteiger partial charge in [0.1, 0.15) is 4.75 Å². The predicted octanol–water partition coefficient (Wildman–Crippen LogP) is 1.73. The van der Waals surface area contributed by atoms with Crippen molar-refractivity contribution < 1.29 is 13.2 Å². The van der Waals surface area contributed by atoms with Gasteiger partial charge in [-0.25, -0.2) is 8.42 Å². The van der Waals surface area contributed by atoms with Gasteiger partial charge in [0.05, 0.1) is 0 Å². The van der Waals surface area contributed by atoms with Crippen molar-refractivity contribution in [3.63, 3.8) is 0 Å². The Morgan fingerprint density at radius 3 is 2.30 bits per heavy atom. The summed E-state index contributed by atoms with van der Waals surface area (Å²) in [6.07, 6.45) is 1.06. The van der Waals surface area contributed by atoms with E-state index in [4.69, 9.17) is 0 Å². The van der Waals surface area contributed by atoms with E-state index in [2.05, 4.69) is 10.6 Å². The van der Waals surface area contributed by atoms with Gasteiger partial charge in [0.2, 0.25) is 5.91 Å². The molecule has 0 spiro atoms. The smallest absolute Gasteiger partial charge is 0.245 e. The van der Waals surface area contributed by atoms with Crippen LogP contribution in [0.3, 0.4) is 0 Å². The third-order valence-electron chi connectivity index (χ3n) is 3.58. The Hall–Kier alpha value is -1.40. The van der Waals surface area contributed by atoms with Crippen molar-refractivity contribution in [3.8, 4) is 0 Å². The summed E-state index contributed by atoms with van der Waals surface area (Å²) in [6.45, 7) is 4.77. The maximum atomic E-state index is 12.2. The van der Waals surface area contributed by atoms with E-state index < -0.39 is 20.5 Å². The van der Waals surface area contributed by atoms with Crippen LogP contribution in [0.1, 0.15) is 32.4 Å². The van der Waals surface area contributed by atoms with E-state index in [1.165, 1.54) is 13.8 Å². The van der Waals surface area contributed by atoms with Crippen LogP contribution in [0, 0.1) is 0 Å². The minimum Gasteiger partial charge on any atom is -0.324 e. The average molecular weight is 298 g/mol. The molecule has 1 aromatic carbocycles. The largest absolute Gasteiger partial charge is 0.324 e. The van der Waals surface area contributed by atoms with Crippen LogP contribution in [-0.4, -0.2) is 32.4 Å². The number of carbonyl (C=O) groups excluding carboxylic acids is 1. The number of rotatable bonds is 5. The molecule has 0 saturated heterocycles. The summed E-state index contributed by atoms with van der Waals surface area (Å²) in [6, 6.07) is 7.38. The van der Waals surface area contributed by atoms with E-state index in [0.717, 1.165) is 11.8 Å². The van der Waals surface area contributed by atoms with E-state index in [1.54, 1.807) is 12.1 Å². The Bertz CT molecular complexity index is 594. The molecular weight excluding hydrogens is 276 g/mol. The number of nitrogens with one attached hydrogen (secondary N) is 2. The second-order valence-corrected chi connectivity index (χ2v) is 7.90. The summed E-state index contributed by atoms with van der Waals surface area (Å²) >= 11 is 0. The molecule has 0 saturated carbocycles. The lowest BCUT2D eigenvalue weighted by molar-refractivity contribution is -0.117. The van der Waals surface area contributed by atoms with Gasteiger partial charge in [-0.2, -0.15) is 0 Å². The van der Waals surface area contributed by atoms with Crippen molar-refractivity contribution in [1.82, 2.24) is 5.32 Å². The molecular formula is C14H22N2O3S. The molecule has 1 atom stereocenters. The minimum atomic E-state index is -3.49. The maximum absolute atomic E-state index is 12.2. The summed E-state index contributed by atoms with van der Waals surface area (Å²) in [5.41, 5.74) is 1.53. The highest BCUT2D eigenvalue weighted by Crippen LogP contribution is 2.24. The number of carbonyl (C=O) groups is 1. The fourth-order valence-corrected chi connectivity index (χ4v) is 1.97. The van der Waals surface area contributed by atoms with E-state index in [0.29, 0.717) is 5.69 Å². The molecule has 1 aromatic rings. The number of amides is 1. The fourth-order valence-electron chi connectivity index (χ4n) is 1.59. The van der Waals surface area contributed by atoms with Crippen LogP contribution in [0.15, 0.2) is 24.3 Å². The average Bonchev–Trinajstić information content (AvgIpc) is 2.37. The van der Waals surface area contributed by atoms with Crippen LogP contribution in [0.4, 0.5) is 5.69 Å². The molecule has 0 aliphatic heterocycles. The van der Waals surface area contributed by atoms with Crippen molar-refractivity contribution >= 4 is 21.4 Å². The summed E-state index contributed by atoms with van der Waals surface area (Å²) in [7, 11) is -1.66. The molecule has 1 unspecified atom stereocenters. The van der Waals surface area contributed by atoms with E-state index in [9.17, 15) is 13.2 Å². The Morgan fingerprint density at radius 1 is 1.25 bits per heavy atom. The molecule has 2 N–H and O–H groups in total. The van der Waals surface area contributed by atoms with Gasteiger partial charge in [-0.15, -0.1) is 0 Å². The minimum absolute atomic E-state index is 0.0489. The molecule has 6 heteroatoms. The molecule has 0 heterocycles. The van der Waals surface area contributed by atoms with Crippen molar-refractivity contribution in [1.29, 1.82) is 0 Å². The number of anilines is 1. The van der Waals surface area contributed by atoms with Crippen LogP contribution in [0.5, 0.6) is 0 Å². The van der Waals surface area contributed by atoms with Gasteiger partial charge >= 0.3 is 0 Å². The first-order valence-corrected chi connectivity index (χ1v) is 8.27. The number of hydrogen-bond donors (Lipinski definition) is 2. The highest BCUT2D eigenvalue weighted by molar-refractivity contribution is 7.92. The normalized spacial score (nSPS) is 13.8. The van der Waals surface area contributed by atoms with Crippen molar-refractivity contribution in [2.24, 2.45) is 0 Å². The molecule has 0 radical (unpaired) electrons. The van der Waals surface area contributed by atoms with Crippen LogP contribution >= 0.6 is 0 Å². The molecule has 5 nitrogen and oxygen atoms in total. The molecule has 1 rings (SSSR count). The quantitative estimate of drug-likeness (QED) is 0.868. The lowest BCUT2D eigenvalue weighted by Gasteiger charge is -2.23. The summed E-state index contributed by atoms with van der Waals surface area (Å²) in [5.74, 6) is -0.532. The van der Waals surface area contributed by atoms with Gasteiger partial charge in [-0.05, 0) is 39.4 Å². The SMILES string of the molecule is CNC(C)c1ccccc1NC(=O)C(C)(C)S(C)(=O)=O. The fraction of sp³-hybridized carbons (Fsp3) is 0.500. The zero-order valence-corrected chi connectivity index (χ0v) is 13.3. The number of benzene rings is 1. The number of hydrogen-bond acceptors (Lipinski definition) is 4. The molecule has 0 bridgehead atoms. The lowest BCUT2D eigenvalue weighted by atomic mass is 10.1. The van der Waals surface area contributed by atoms with Crippen LogP contribution in [-0.2, 0) is 14.6 Å². The summed E-state index contributed by atoms with van der Waals surface area (Å²) in [5, 5.41) is 5.81. The van der Waals surface area contributed by atoms with Gasteiger partial charge in [-0.1, -0.05) is 18.2 Å². The summed E-state index contributed by atoms with van der Waals surface area (Å²) < 4.78 is 21.9. The highest BCUT2D eigenvalue weighted by Gasteiger charge is 2.38. The molecule has 0 aliphatic rings. The van der Waals surface area contributed by atoms with Crippen LogP contribution in [0.2, 0.25) is 0 Å². The number of para-hydroxylation sites is 1. The highest BCUT2D eigenvalue weighted by atomic mass is 32.2. The molecule has 0 aromatic heterocycles. The van der Waals surface area contributed by atoms with E-state index in [1.807, 2.05) is 26.1 Å². The zero-order valence-electron chi connectivity index (χ0n) is 12.5. The first-order chi connectivity index (χ1) is 9.11. The second-order valence-electron chi connectivity index (χ2n) is 5.33. The topological polar surface area (TPSA) is 75.3 Å². The molecule has 1 amide bonds. The monoisotopic (exact) mass is 298 g/mol. The number of sulfone groups is 1. The van der Waals surface area contributed by atoms with Crippen molar-refractivity contribution in [3.05, 3.63) is 29.8 Å². The van der Waals surface area contributed by atoms with Gasteiger partial charge in [-0.3, -0.25) is 4.79 Å². The first-order valence-electron chi connectivity index (χ1n) is 6.38. The van der Waals surface area contributed by atoms with Crippen molar-refractivity contribution in [2.45, 2.75) is 31.6 Å². The van der Waals surface area contributed by atoms with Gasteiger partial charge < -0.3 is 10.6 Å². The first kappa shape index (κ1) is 16.7. The molecule has 0 aliphatic carbocycles.